The van der Waals surface area contributed by atoms with E-state index in [2.05, 4.69) is 4.57 Å². The Hall–Kier alpha value is -0.220. The molecule has 0 saturated carbocycles. The van der Waals surface area contributed by atoms with Crippen LogP contribution in [0.5, 0.6) is 5.75 Å². The zero-order valence-electron chi connectivity index (χ0n) is 6.53. The summed E-state index contributed by atoms with van der Waals surface area (Å²) in [5.74, 6) is 1.54. The molecule has 2 rings (SSSR count). The number of aromatic hydroxyl groups is 1. The first kappa shape index (κ1) is 9.86. The van der Waals surface area contributed by atoms with Crippen molar-refractivity contribution in [2.45, 2.75) is 18.0 Å². The first-order chi connectivity index (χ1) is 5.38. The number of aromatic nitrogens is 1. The molecule has 0 aromatic carbocycles. The number of thioether (sulfide) groups is 1. The molecule has 0 bridgehead atoms. The van der Waals surface area contributed by atoms with Crippen molar-refractivity contribution in [1.29, 1.82) is 0 Å². The summed E-state index contributed by atoms with van der Waals surface area (Å²) in [6.07, 6.45) is 3.22. The van der Waals surface area contributed by atoms with Crippen LogP contribution in [0.1, 0.15) is 6.42 Å². The molecule has 0 atom stereocenters. The smallest absolute Gasteiger partial charge is 0.282 e. The highest BCUT2D eigenvalue weighted by Gasteiger charge is 2.19. The summed E-state index contributed by atoms with van der Waals surface area (Å²) >= 11 is 1.73. The molecule has 0 unspecified atom stereocenters. The van der Waals surface area contributed by atoms with Crippen LogP contribution in [-0.2, 0) is 6.54 Å². The van der Waals surface area contributed by atoms with Crippen LogP contribution >= 0.6 is 11.8 Å². The number of rotatable bonds is 0. The number of nitrogens with zero attached hydrogens (tertiary/aromatic N) is 1. The van der Waals surface area contributed by atoms with Crippen molar-refractivity contribution in [3.05, 3.63) is 18.3 Å². The molecule has 0 radical (unpaired) electrons. The van der Waals surface area contributed by atoms with Crippen molar-refractivity contribution in [2.24, 2.45) is 0 Å². The maximum atomic E-state index is 9.41. The Bertz CT molecular complexity index is 280. The number of fused-ring (bicyclic) bond motifs is 1. The summed E-state index contributed by atoms with van der Waals surface area (Å²) in [5, 5.41) is 10.4. The van der Waals surface area contributed by atoms with E-state index < -0.39 is 0 Å². The molecule has 66 valence electrons. The van der Waals surface area contributed by atoms with Crippen molar-refractivity contribution in [3.63, 3.8) is 0 Å². The Morgan fingerprint density at radius 3 is 3.08 bits per heavy atom. The lowest BCUT2D eigenvalue weighted by atomic mass is 10.4. The number of hydrogen-bond acceptors (Lipinski definition) is 2. The molecule has 1 N–H and O–H groups in total. The fourth-order valence-corrected chi connectivity index (χ4v) is 2.26. The van der Waals surface area contributed by atoms with Gasteiger partial charge in [-0.05, 0) is 6.07 Å². The molecular formula is C8H10BrNOS. The average molecular weight is 248 g/mol. The SMILES string of the molecule is Oc1ccc[n+]2c1SCCC2.[Br-]. The topological polar surface area (TPSA) is 24.1 Å². The minimum atomic E-state index is 0. The number of halogens is 1. The highest BCUT2D eigenvalue weighted by atomic mass is 79.9. The van der Waals surface area contributed by atoms with Crippen molar-refractivity contribution in [3.8, 4) is 5.75 Å². The lowest BCUT2D eigenvalue weighted by Gasteiger charge is -2.08. The molecule has 1 aliphatic rings. The summed E-state index contributed by atoms with van der Waals surface area (Å²) in [5.41, 5.74) is 0. The van der Waals surface area contributed by atoms with Crippen molar-refractivity contribution < 1.29 is 26.7 Å². The van der Waals surface area contributed by atoms with Crippen LogP contribution in [0.15, 0.2) is 23.4 Å². The van der Waals surface area contributed by atoms with Gasteiger partial charge in [0.25, 0.3) is 5.03 Å². The second-order valence-electron chi connectivity index (χ2n) is 2.59. The van der Waals surface area contributed by atoms with E-state index in [1.807, 2.05) is 12.3 Å². The molecule has 12 heavy (non-hydrogen) atoms. The molecule has 1 aromatic rings. The van der Waals surface area contributed by atoms with Gasteiger partial charge in [-0.2, -0.15) is 4.57 Å². The quantitative estimate of drug-likeness (QED) is 0.547. The molecule has 4 heteroatoms. The molecule has 2 heterocycles. The summed E-state index contributed by atoms with van der Waals surface area (Å²) in [6.45, 7) is 1.04. The van der Waals surface area contributed by atoms with Crippen molar-refractivity contribution in [1.82, 2.24) is 0 Å². The predicted molar refractivity (Wildman–Crippen MR) is 43.6 cm³/mol. The normalized spacial score (nSPS) is 14.7. The third-order valence-electron chi connectivity index (χ3n) is 1.78. The highest BCUT2D eigenvalue weighted by molar-refractivity contribution is 7.99. The van der Waals surface area contributed by atoms with Crippen LogP contribution in [0.2, 0.25) is 0 Å². The van der Waals surface area contributed by atoms with Gasteiger partial charge in [-0.3, -0.25) is 0 Å². The number of hydrogen-bond donors (Lipinski definition) is 1. The van der Waals surface area contributed by atoms with Gasteiger partial charge in [-0.15, -0.1) is 0 Å². The molecule has 0 aliphatic carbocycles. The third kappa shape index (κ3) is 1.75. The Morgan fingerprint density at radius 2 is 2.33 bits per heavy atom. The van der Waals surface area contributed by atoms with E-state index in [1.165, 1.54) is 6.42 Å². The highest BCUT2D eigenvalue weighted by Crippen LogP contribution is 2.26. The van der Waals surface area contributed by atoms with Crippen LogP contribution in [-0.4, -0.2) is 10.9 Å². The van der Waals surface area contributed by atoms with Crippen LogP contribution in [0.25, 0.3) is 0 Å². The predicted octanol–water partition coefficient (Wildman–Crippen LogP) is -1.82. The molecular weight excluding hydrogens is 238 g/mol. The van der Waals surface area contributed by atoms with Crippen molar-refractivity contribution >= 4 is 11.8 Å². The standard InChI is InChI=1S/C8H9NOS.BrH/c10-7-3-1-4-9-5-2-6-11-8(7)9;/h1,3-4H,2,5-6H2;1H. The minimum absolute atomic E-state index is 0. The van der Waals surface area contributed by atoms with E-state index in [9.17, 15) is 5.11 Å². The Balaban J connectivity index is 0.000000720. The molecule has 0 amide bonds. The van der Waals surface area contributed by atoms with E-state index in [0.29, 0.717) is 5.75 Å². The molecule has 1 aromatic heterocycles. The zero-order valence-corrected chi connectivity index (χ0v) is 8.94. The maximum Gasteiger partial charge on any atom is 0.282 e. The molecule has 1 aliphatic heterocycles. The van der Waals surface area contributed by atoms with Crippen LogP contribution in [0, 0.1) is 0 Å². The van der Waals surface area contributed by atoms with Gasteiger partial charge in [-0.1, -0.05) is 11.8 Å². The van der Waals surface area contributed by atoms with Crippen LogP contribution in [0.3, 0.4) is 0 Å². The molecule has 0 saturated heterocycles. The van der Waals surface area contributed by atoms with Gasteiger partial charge in [0.15, 0.2) is 18.5 Å². The Morgan fingerprint density at radius 1 is 1.50 bits per heavy atom. The Labute approximate surface area is 86.4 Å². The van der Waals surface area contributed by atoms with Gasteiger partial charge in [0, 0.05) is 18.2 Å². The number of aryl methyl sites for hydroxylation is 1. The second-order valence-corrected chi connectivity index (χ2v) is 3.68. The first-order valence-electron chi connectivity index (χ1n) is 3.72. The van der Waals surface area contributed by atoms with Gasteiger partial charge in [0.05, 0.1) is 0 Å². The Kier molecular flexibility index (Phi) is 3.40. The van der Waals surface area contributed by atoms with Gasteiger partial charge in [0.2, 0.25) is 0 Å². The fourth-order valence-electron chi connectivity index (χ4n) is 1.26. The lowest BCUT2D eigenvalue weighted by Crippen LogP contribution is -3.00. The van der Waals surface area contributed by atoms with E-state index >= 15 is 0 Å². The fraction of sp³-hybridized carbons (Fsp3) is 0.375. The molecule has 2 nitrogen and oxygen atoms in total. The maximum absolute atomic E-state index is 9.41. The summed E-state index contributed by atoms with van der Waals surface area (Å²) in [4.78, 5) is 0. The monoisotopic (exact) mass is 247 g/mol. The van der Waals surface area contributed by atoms with E-state index in [-0.39, 0.29) is 17.0 Å². The first-order valence-corrected chi connectivity index (χ1v) is 4.71. The van der Waals surface area contributed by atoms with Crippen LogP contribution in [0.4, 0.5) is 0 Å². The molecule has 0 fully saturated rings. The summed E-state index contributed by atoms with van der Waals surface area (Å²) < 4.78 is 2.10. The van der Waals surface area contributed by atoms with Gasteiger partial charge < -0.3 is 22.1 Å². The summed E-state index contributed by atoms with van der Waals surface area (Å²) in [6, 6.07) is 3.62. The largest absolute Gasteiger partial charge is 1.00 e. The van der Waals surface area contributed by atoms with Gasteiger partial charge >= 0.3 is 0 Å². The van der Waals surface area contributed by atoms with Gasteiger partial charge in [-0.25, -0.2) is 0 Å². The zero-order chi connectivity index (χ0) is 7.68. The van der Waals surface area contributed by atoms with E-state index in [4.69, 9.17) is 0 Å². The average Bonchev–Trinajstić information content (AvgIpc) is 2.06. The number of pyridine rings is 1. The third-order valence-corrected chi connectivity index (χ3v) is 2.99. The molecule has 0 spiro atoms. The minimum Gasteiger partial charge on any atom is -1.00 e. The second kappa shape index (κ2) is 4.14. The van der Waals surface area contributed by atoms with Crippen molar-refractivity contribution in [2.75, 3.05) is 5.75 Å². The van der Waals surface area contributed by atoms with E-state index in [1.54, 1.807) is 17.8 Å². The van der Waals surface area contributed by atoms with Crippen LogP contribution < -0.4 is 21.5 Å². The van der Waals surface area contributed by atoms with E-state index in [0.717, 1.165) is 17.3 Å². The lowest BCUT2D eigenvalue weighted by molar-refractivity contribution is -0.734. The van der Waals surface area contributed by atoms with Gasteiger partial charge in [0.1, 0.15) is 0 Å². The summed E-state index contributed by atoms with van der Waals surface area (Å²) in [7, 11) is 0.